The molecule has 0 aromatic heterocycles. The van der Waals surface area contributed by atoms with Gasteiger partial charge in [0.1, 0.15) is 0 Å². The molecule has 23 heavy (non-hydrogen) atoms. The molecule has 1 heterocycles. The molecule has 1 aromatic carbocycles. The number of rotatable bonds is 4. The number of halogens is 1. The van der Waals surface area contributed by atoms with E-state index in [1.165, 1.54) is 0 Å². The summed E-state index contributed by atoms with van der Waals surface area (Å²) < 4.78 is 0. The first kappa shape index (κ1) is 16.1. The van der Waals surface area contributed by atoms with Gasteiger partial charge in [0.2, 0.25) is 11.8 Å². The van der Waals surface area contributed by atoms with Crippen LogP contribution >= 0.6 is 11.6 Å². The Morgan fingerprint density at radius 3 is 2.57 bits per heavy atom. The molecule has 3 rings (SSSR count). The summed E-state index contributed by atoms with van der Waals surface area (Å²) in [6, 6.07) is 7.62. The van der Waals surface area contributed by atoms with Crippen molar-refractivity contribution in [3.05, 3.63) is 40.9 Å². The third-order valence-electron chi connectivity index (χ3n) is 4.37. The Hall–Kier alpha value is -1.81. The molecule has 0 radical (unpaired) electrons. The van der Waals surface area contributed by atoms with E-state index in [0.29, 0.717) is 18.1 Å². The maximum atomic E-state index is 12.2. The molecule has 2 fully saturated rings. The largest absolute Gasteiger partial charge is 0.353 e. The van der Waals surface area contributed by atoms with Gasteiger partial charge in [-0.3, -0.25) is 9.59 Å². The molecule has 5 heteroatoms. The normalized spacial score (nSPS) is 19.1. The average molecular weight is 333 g/mol. The fourth-order valence-corrected chi connectivity index (χ4v) is 2.99. The van der Waals surface area contributed by atoms with Gasteiger partial charge >= 0.3 is 0 Å². The van der Waals surface area contributed by atoms with Gasteiger partial charge in [-0.1, -0.05) is 23.7 Å². The Kier molecular flexibility index (Phi) is 5.01. The Bertz CT molecular complexity index is 617. The molecule has 1 aliphatic carbocycles. The monoisotopic (exact) mass is 332 g/mol. The molecule has 2 amide bonds. The Morgan fingerprint density at radius 2 is 1.91 bits per heavy atom. The Labute approximate surface area is 141 Å². The molecule has 0 spiro atoms. The highest BCUT2D eigenvalue weighted by Crippen LogP contribution is 2.29. The lowest BCUT2D eigenvalue weighted by Crippen LogP contribution is -2.46. The number of piperidine rings is 1. The Morgan fingerprint density at radius 1 is 1.17 bits per heavy atom. The van der Waals surface area contributed by atoms with Gasteiger partial charge in [-0.2, -0.15) is 0 Å². The van der Waals surface area contributed by atoms with Crippen LogP contribution in [-0.4, -0.2) is 35.8 Å². The summed E-state index contributed by atoms with van der Waals surface area (Å²) in [5, 5.41) is 3.75. The first-order valence-electron chi connectivity index (χ1n) is 8.15. The van der Waals surface area contributed by atoms with Crippen molar-refractivity contribution in [2.24, 2.45) is 5.92 Å². The minimum Gasteiger partial charge on any atom is -0.353 e. The second-order valence-corrected chi connectivity index (χ2v) is 6.71. The summed E-state index contributed by atoms with van der Waals surface area (Å²) in [6.45, 7) is 1.38. The van der Waals surface area contributed by atoms with Crippen LogP contribution in [0.1, 0.15) is 31.2 Å². The highest BCUT2D eigenvalue weighted by molar-refractivity contribution is 6.30. The van der Waals surface area contributed by atoms with Crippen molar-refractivity contribution < 1.29 is 9.59 Å². The predicted octanol–water partition coefficient (Wildman–Crippen LogP) is 2.87. The van der Waals surface area contributed by atoms with E-state index in [0.717, 1.165) is 31.2 Å². The molecule has 1 aliphatic heterocycles. The number of hydrogen-bond donors (Lipinski definition) is 1. The van der Waals surface area contributed by atoms with Crippen LogP contribution in [0.15, 0.2) is 30.3 Å². The second kappa shape index (κ2) is 7.18. The van der Waals surface area contributed by atoms with Crippen LogP contribution in [0.4, 0.5) is 0 Å². The lowest BCUT2D eigenvalue weighted by molar-refractivity contribution is -0.127. The lowest BCUT2D eigenvalue weighted by atomic mass is 10.0. The number of carbonyl (C=O) groups is 2. The molecule has 0 atom stereocenters. The third kappa shape index (κ3) is 4.58. The van der Waals surface area contributed by atoms with Gasteiger partial charge in [0, 0.05) is 36.1 Å². The summed E-state index contributed by atoms with van der Waals surface area (Å²) in [4.78, 5) is 25.8. The number of nitrogens with zero attached hydrogens (tertiary/aromatic N) is 1. The number of likely N-dealkylation sites (tertiary alicyclic amines) is 1. The molecule has 1 saturated heterocycles. The summed E-state index contributed by atoms with van der Waals surface area (Å²) in [7, 11) is 0. The van der Waals surface area contributed by atoms with Crippen LogP contribution in [0, 0.1) is 5.92 Å². The molecule has 1 N–H and O–H groups in total. The number of amides is 2. The lowest BCUT2D eigenvalue weighted by Gasteiger charge is -2.31. The second-order valence-electron chi connectivity index (χ2n) is 6.27. The van der Waals surface area contributed by atoms with E-state index in [4.69, 9.17) is 11.6 Å². The summed E-state index contributed by atoms with van der Waals surface area (Å²) >= 11 is 5.93. The van der Waals surface area contributed by atoms with Gasteiger partial charge in [-0.25, -0.2) is 0 Å². The van der Waals surface area contributed by atoms with Gasteiger partial charge in [0.15, 0.2) is 0 Å². The molecular formula is C18H21ClN2O2. The number of nitrogens with one attached hydrogen (secondary N) is 1. The molecule has 2 aliphatic rings. The van der Waals surface area contributed by atoms with Crippen LogP contribution in [-0.2, 0) is 9.59 Å². The van der Waals surface area contributed by atoms with E-state index in [-0.39, 0.29) is 23.8 Å². The smallest absolute Gasteiger partial charge is 0.246 e. The maximum Gasteiger partial charge on any atom is 0.246 e. The molecule has 0 unspecified atom stereocenters. The first-order chi connectivity index (χ1) is 11.1. The van der Waals surface area contributed by atoms with Crippen molar-refractivity contribution in [3.8, 4) is 0 Å². The van der Waals surface area contributed by atoms with Gasteiger partial charge in [-0.15, -0.1) is 0 Å². The zero-order valence-electron chi connectivity index (χ0n) is 13.0. The fraction of sp³-hybridized carbons (Fsp3) is 0.444. The van der Waals surface area contributed by atoms with E-state index in [1.807, 2.05) is 23.1 Å². The van der Waals surface area contributed by atoms with Gasteiger partial charge in [0.25, 0.3) is 0 Å². The highest BCUT2D eigenvalue weighted by atomic mass is 35.5. The zero-order chi connectivity index (χ0) is 16.2. The van der Waals surface area contributed by atoms with Crippen molar-refractivity contribution in [3.63, 3.8) is 0 Å². The van der Waals surface area contributed by atoms with Crippen molar-refractivity contribution >= 4 is 29.5 Å². The molecule has 0 bridgehead atoms. The van der Waals surface area contributed by atoms with Crippen molar-refractivity contribution in [2.45, 2.75) is 31.7 Å². The number of benzene rings is 1. The minimum absolute atomic E-state index is 0.0111. The minimum atomic E-state index is 0.0111. The standard InChI is InChI=1S/C18H21ClN2O2/c19-15-3-1-2-13(12-15)4-7-17(22)21-10-8-16(9-11-21)20-18(23)14-5-6-14/h1-4,7,12,14,16H,5-6,8-11H2,(H,20,23)/b7-4-. The van der Waals surface area contributed by atoms with Gasteiger partial charge in [0.05, 0.1) is 0 Å². The topological polar surface area (TPSA) is 49.4 Å². The van der Waals surface area contributed by atoms with Crippen LogP contribution < -0.4 is 5.32 Å². The van der Waals surface area contributed by atoms with Crippen molar-refractivity contribution in [1.82, 2.24) is 10.2 Å². The van der Waals surface area contributed by atoms with E-state index < -0.39 is 0 Å². The summed E-state index contributed by atoms with van der Waals surface area (Å²) in [5.41, 5.74) is 0.914. The van der Waals surface area contributed by atoms with Crippen molar-refractivity contribution in [1.29, 1.82) is 0 Å². The third-order valence-corrected chi connectivity index (χ3v) is 4.60. The molecule has 122 valence electrons. The fourth-order valence-electron chi connectivity index (χ4n) is 2.79. The van der Waals surface area contributed by atoms with Crippen LogP contribution in [0.5, 0.6) is 0 Å². The van der Waals surface area contributed by atoms with Crippen LogP contribution in [0.2, 0.25) is 5.02 Å². The molecule has 1 saturated carbocycles. The predicted molar refractivity (Wildman–Crippen MR) is 91.0 cm³/mol. The highest BCUT2D eigenvalue weighted by Gasteiger charge is 2.32. The zero-order valence-corrected chi connectivity index (χ0v) is 13.8. The SMILES string of the molecule is O=C(NC1CCN(C(=O)/C=C\c2cccc(Cl)c2)CC1)C1CC1. The number of hydrogen-bond acceptors (Lipinski definition) is 2. The summed E-state index contributed by atoms with van der Waals surface area (Å²) in [6.07, 6.45) is 7.09. The quantitative estimate of drug-likeness (QED) is 0.862. The van der Waals surface area contributed by atoms with Gasteiger partial charge < -0.3 is 10.2 Å². The molecule has 1 aromatic rings. The van der Waals surface area contributed by atoms with Crippen molar-refractivity contribution in [2.75, 3.05) is 13.1 Å². The average Bonchev–Trinajstić information content (AvgIpc) is 3.38. The van der Waals surface area contributed by atoms with Gasteiger partial charge in [-0.05, 0) is 49.5 Å². The Balaban J connectivity index is 1.47. The molecular weight excluding hydrogens is 312 g/mol. The van der Waals surface area contributed by atoms with E-state index in [2.05, 4.69) is 5.32 Å². The summed E-state index contributed by atoms with van der Waals surface area (Å²) in [5.74, 6) is 0.447. The number of carbonyl (C=O) groups excluding carboxylic acids is 2. The molecule has 4 nitrogen and oxygen atoms in total. The van der Waals surface area contributed by atoms with E-state index in [9.17, 15) is 9.59 Å². The maximum absolute atomic E-state index is 12.2. The first-order valence-corrected chi connectivity index (χ1v) is 8.52. The van der Waals surface area contributed by atoms with Crippen LogP contribution in [0.3, 0.4) is 0 Å². The van der Waals surface area contributed by atoms with E-state index >= 15 is 0 Å². The van der Waals surface area contributed by atoms with Crippen LogP contribution in [0.25, 0.3) is 6.08 Å². The van der Waals surface area contributed by atoms with E-state index in [1.54, 1.807) is 18.2 Å².